The molecule has 0 atom stereocenters. The normalized spacial score (nSPS) is 14.2. The number of fused-ring (bicyclic) bond motifs is 1. The lowest BCUT2D eigenvalue weighted by atomic mass is 10.4. The molecule has 0 unspecified atom stereocenters. The number of amides is 1. The fourth-order valence-electron chi connectivity index (χ4n) is 2.18. The molecular formula is C13H10N4OS3. The minimum atomic E-state index is 0.00385. The van der Waals surface area contributed by atoms with Crippen LogP contribution in [0.2, 0.25) is 0 Å². The Bertz CT molecular complexity index is 764. The Balaban J connectivity index is 1.80. The van der Waals surface area contributed by atoms with Crippen LogP contribution in [-0.4, -0.2) is 33.1 Å². The van der Waals surface area contributed by atoms with Gasteiger partial charge in [-0.2, -0.15) is 0 Å². The van der Waals surface area contributed by atoms with E-state index in [1.165, 1.54) is 11.3 Å². The highest BCUT2D eigenvalue weighted by Gasteiger charge is 2.29. The van der Waals surface area contributed by atoms with Crippen LogP contribution in [0, 0.1) is 0 Å². The highest BCUT2D eigenvalue weighted by atomic mass is 32.2. The number of rotatable bonds is 2. The highest BCUT2D eigenvalue weighted by molar-refractivity contribution is 7.99. The van der Waals surface area contributed by atoms with Gasteiger partial charge < -0.3 is 0 Å². The first-order chi connectivity index (χ1) is 10.3. The fraction of sp³-hybridized carbons (Fsp3) is 0.154. The van der Waals surface area contributed by atoms with Crippen molar-refractivity contribution in [3.05, 3.63) is 39.9 Å². The molecule has 0 radical (unpaired) electrons. The van der Waals surface area contributed by atoms with Crippen LogP contribution in [0.25, 0.3) is 10.7 Å². The van der Waals surface area contributed by atoms with Crippen molar-refractivity contribution in [1.82, 2.24) is 14.9 Å². The molecule has 0 N–H and O–H groups in total. The fourth-order valence-corrected chi connectivity index (χ4v) is 4.39. The first kappa shape index (κ1) is 13.1. The number of hydrogen-bond acceptors (Lipinski definition) is 6. The highest BCUT2D eigenvalue weighted by Crippen LogP contribution is 2.30. The van der Waals surface area contributed by atoms with Crippen LogP contribution in [0.5, 0.6) is 0 Å². The number of carbonyl (C=O) groups excluding carboxylic acids is 1. The average molecular weight is 334 g/mol. The summed E-state index contributed by atoms with van der Waals surface area (Å²) in [7, 11) is 0. The van der Waals surface area contributed by atoms with Crippen molar-refractivity contribution in [2.24, 2.45) is 0 Å². The quantitative estimate of drug-likeness (QED) is 0.723. The van der Waals surface area contributed by atoms with E-state index in [2.05, 4.69) is 10.2 Å². The summed E-state index contributed by atoms with van der Waals surface area (Å²) >= 11 is 4.68. The zero-order valence-electron chi connectivity index (χ0n) is 10.8. The molecule has 0 spiro atoms. The zero-order valence-corrected chi connectivity index (χ0v) is 13.2. The molecule has 106 valence electrons. The molecule has 0 aliphatic carbocycles. The van der Waals surface area contributed by atoms with E-state index in [1.807, 2.05) is 39.7 Å². The van der Waals surface area contributed by atoms with Crippen molar-refractivity contribution in [3.63, 3.8) is 0 Å². The third-order valence-corrected chi connectivity index (χ3v) is 5.72. The third-order valence-electron chi connectivity index (χ3n) is 3.10. The van der Waals surface area contributed by atoms with Gasteiger partial charge in [0.05, 0.1) is 16.3 Å². The van der Waals surface area contributed by atoms with E-state index in [-0.39, 0.29) is 5.91 Å². The minimum Gasteiger partial charge on any atom is -0.266 e. The number of hydrogen-bond donors (Lipinski definition) is 0. The van der Waals surface area contributed by atoms with Gasteiger partial charge in [0.15, 0.2) is 5.82 Å². The predicted octanol–water partition coefficient (Wildman–Crippen LogP) is 2.95. The molecule has 21 heavy (non-hydrogen) atoms. The molecule has 0 saturated heterocycles. The monoisotopic (exact) mass is 334 g/mol. The summed E-state index contributed by atoms with van der Waals surface area (Å²) in [4.78, 5) is 14.4. The van der Waals surface area contributed by atoms with E-state index in [0.29, 0.717) is 6.54 Å². The molecule has 3 aromatic heterocycles. The molecule has 1 amide bonds. The maximum atomic E-state index is 12.7. The van der Waals surface area contributed by atoms with Gasteiger partial charge in [-0.3, -0.25) is 4.79 Å². The summed E-state index contributed by atoms with van der Waals surface area (Å²) < 4.78 is 1.85. The summed E-state index contributed by atoms with van der Waals surface area (Å²) in [5, 5.41) is 14.9. The Labute approximate surface area is 133 Å². The van der Waals surface area contributed by atoms with Crippen LogP contribution in [0.1, 0.15) is 9.67 Å². The van der Waals surface area contributed by atoms with E-state index in [0.717, 1.165) is 26.5 Å². The Hall–Kier alpha value is -1.64. The van der Waals surface area contributed by atoms with Gasteiger partial charge in [-0.25, -0.2) is 9.69 Å². The van der Waals surface area contributed by atoms with Crippen molar-refractivity contribution in [3.8, 4) is 10.7 Å². The first-order valence-electron chi connectivity index (χ1n) is 6.32. The molecular weight excluding hydrogens is 324 g/mol. The van der Waals surface area contributed by atoms with Crippen molar-refractivity contribution in [2.45, 2.75) is 5.16 Å². The van der Waals surface area contributed by atoms with Crippen molar-refractivity contribution in [2.75, 3.05) is 17.3 Å². The predicted molar refractivity (Wildman–Crippen MR) is 85.8 cm³/mol. The molecule has 0 aromatic carbocycles. The van der Waals surface area contributed by atoms with E-state index in [1.54, 1.807) is 28.1 Å². The maximum Gasteiger partial charge on any atom is 0.282 e. The molecule has 0 saturated carbocycles. The van der Waals surface area contributed by atoms with E-state index in [9.17, 15) is 4.79 Å². The summed E-state index contributed by atoms with van der Waals surface area (Å²) in [6, 6.07) is 7.71. The summed E-state index contributed by atoms with van der Waals surface area (Å²) in [6.45, 7) is 0.658. The molecule has 3 aromatic rings. The van der Waals surface area contributed by atoms with Crippen molar-refractivity contribution >= 4 is 40.3 Å². The van der Waals surface area contributed by atoms with Crippen molar-refractivity contribution < 1.29 is 4.79 Å². The molecule has 1 aliphatic rings. The Morgan fingerprint density at radius 3 is 2.76 bits per heavy atom. The molecule has 0 fully saturated rings. The lowest BCUT2D eigenvalue weighted by Crippen LogP contribution is -2.44. The smallest absolute Gasteiger partial charge is 0.266 e. The summed E-state index contributed by atoms with van der Waals surface area (Å²) in [5.74, 6) is 1.57. The van der Waals surface area contributed by atoms with Crippen LogP contribution >= 0.6 is 34.4 Å². The number of thiophene rings is 2. The largest absolute Gasteiger partial charge is 0.282 e. The van der Waals surface area contributed by atoms with Gasteiger partial charge >= 0.3 is 0 Å². The Kier molecular flexibility index (Phi) is 3.28. The van der Waals surface area contributed by atoms with Gasteiger partial charge in [0, 0.05) is 5.75 Å². The summed E-state index contributed by atoms with van der Waals surface area (Å²) in [5.41, 5.74) is 0. The second kappa shape index (κ2) is 5.28. The third kappa shape index (κ3) is 2.19. The second-order valence-electron chi connectivity index (χ2n) is 4.35. The van der Waals surface area contributed by atoms with Crippen LogP contribution in [-0.2, 0) is 0 Å². The molecule has 8 heteroatoms. The van der Waals surface area contributed by atoms with E-state index < -0.39 is 0 Å². The van der Waals surface area contributed by atoms with Crippen LogP contribution in [0.4, 0.5) is 0 Å². The lowest BCUT2D eigenvalue weighted by molar-refractivity contribution is 0.0960. The number of carbonyl (C=O) groups is 1. The van der Waals surface area contributed by atoms with Gasteiger partial charge in [-0.15, -0.1) is 32.9 Å². The minimum absolute atomic E-state index is 0.00385. The van der Waals surface area contributed by atoms with Gasteiger partial charge in [-0.1, -0.05) is 23.9 Å². The van der Waals surface area contributed by atoms with Gasteiger partial charge in [0.1, 0.15) is 0 Å². The van der Waals surface area contributed by atoms with Gasteiger partial charge in [0.25, 0.3) is 5.91 Å². The standard InChI is InChI=1S/C13H10N4OS3/c18-12(10-4-2-7-20-10)16-5-8-21-13-15-14-11(17(13)16)9-3-1-6-19-9/h1-4,6-7H,5,8H2. The number of thioether (sulfide) groups is 1. The molecule has 1 aliphatic heterocycles. The zero-order chi connectivity index (χ0) is 14.2. The SMILES string of the molecule is O=C(c1cccs1)N1CCSc2nnc(-c3cccs3)n21. The molecule has 5 nitrogen and oxygen atoms in total. The van der Waals surface area contributed by atoms with Gasteiger partial charge in [-0.05, 0) is 22.9 Å². The number of nitrogens with zero attached hydrogens (tertiary/aromatic N) is 4. The maximum absolute atomic E-state index is 12.7. The molecule has 0 bridgehead atoms. The first-order valence-corrected chi connectivity index (χ1v) is 9.07. The second-order valence-corrected chi connectivity index (χ2v) is 7.31. The van der Waals surface area contributed by atoms with Crippen LogP contribution in [0.15, 0.2) is 40.2 Å². The van der Waals surface area contributed by atoms with Gasteiger partial charge in [0.2, 0.25) is 5.16 Å². The lowest BCUT2D eigenvalue weighted by Gasteiger charge is -2.28. The Morgan fingerprint density at radius 1 is 1.14 bits per heavy atom. The van der Waals surface area contributed by atoms with Crippen molar-refractivity contribution in [1.29, 1.82) is 0 Å². The van der Waals surface area contributed by atoms with E-state index in [4.69, 9.17) is 0 Å². The topological polar surface area (TPSA) is 51.0 Å². The average Bonchev–Trinajstić information content (AvgIpc) is 3.24. The number of aromatic nitrogens is 3. The molecule has 4 heterocycles. The van der Waals surface area contributed by atoms with E-state index >= 15 is 0 Å². The van der Waals surface area contributed by atoms with Crippen LogP contribution < -0.4 is 5.01 Å². The summed E-state index contributed by atoms with van der Waals surface area (Å²) in [6.07, 6.45) is 0. The molecule has 4 rings (SSSR count). The Morgan fingerprint density at radius 2 is 2.00 bits per heavy atom. The van der Waals surface area contributed by atoms with Crippen LogP contribution in [0.3, 0.4) is 0 Å².